The summed E-state index contributed by atoms with van der Waals surface area (Å²) in [5.41, 5.74) is 4.37. The maximum absolute atomic E-state index is 11.1. The molecule has 0 N–H and O–H groups in total. The quantitative estimate of drug-likeness (QED) is 0.651. The number of aryl methyl sites for hydroxylation is 2. The molecule has 0 aliphatic rings. The van der Waals surface area contributed by atoms with E-state index in [2.05, 4.69) is 32.0 Å². The Morgan fingerprint density at radius 2 is 1.86 bits per heavy atom. The van der Waals surface area contributed by atoms with Gasteiger partial charge in [-0.25, -0.2) is 0 Å². The normalized spacial score (nSPS) is 11.6. The summed E-state index contributed by atoms with van der Waals surface area (Å²) in [4.78, 5) is 11.1. The Labute approximate surface area is 85.5 Å². The van der Waals surface area contributed by atoms with Crippen molar-refractivity contribution in [3.8, 4) is 0 Å². The van der Waals surface area contributed by atoms with E-state index in [1.807, 2.05) is 13.0 Å². The van der Waals surface area contributed by atoms with Gasteiger partial charge >= 0.3 is 0 Å². The maximum Gasteiger partial charge on any atom is 0.155 e. The van der Waals surface area contributed by atoms with Crippen LogP contribution in [0, 0.1) is 13.8 Å². The molecule has 0 fully saturated rings. The van der Waals surface area contributed by atoms with Gasteiger partial charge in [0.15, 0.2) is 5.78 Å². The van der Waals surface area contributed by atoms with Gasteiger partial charge in [0.05, 0.1) is 0 Å². The fourth-order valence-electron chi connectivity index (χ4n) is 1.25. The minimum atomic E-state index is 0.130. The molecule has 0 amide bonds. The number of carbonyl (C=O) groups excluding carboxylic acids is 1. The first-order chi connectivity index (χ1) is 6.50. The van der Waals surface area contributed by atoms with Gasteiger partial charge < -0.3 is 0 Å². The van der Waals surface area contributed by atoms with Crippen molar-refractivity contribution in [1.29, 1.82) is 0 Å². The molecule has 14 heavy (non-hydrogen) atoms. The largest absolute Gasteiger partial charge is 0.295 e. The number of rotatable bonds is 2. The average molecular weight is 188 g/mol. The van der Waals surface area contributed by atoms with Crippen LogP contribution >= 0.6 is 0 Å². The summed E-state index contributed by atoms with van der Waals surface area (Å²) in [6.07, 6.45) is 1.95. The Kier molecular flexibility index (Phi) is 3.23. The average Bonchev–Trinajstić information content (AvgIpc) is 2.11. The van der Waals surface area contributed by atoms with Crippen LogP contribution in [-0.4, -0.2) is 5.78 Å². The standard InChI is InChI=1S/C13H16O/c1-9-5-6-10(2)13(7-9)8-11(3)12(4)14/h5-8H,1-4H3/b11-8+. The Morgan fingerprint density at radius 3 is 2.43 bits per heavy atom. The maximum atomic E-state index is 11.1. The van der Waals surface area contributed by atoms with Crippen molar-refractivity contribution in [3.05, 3.63) is 40.5 Å². The van der Waals surface area contributed by atoms with Crippen LogP contribution in [0.4, 0.5) is 0 Å². The first kappa shape index (κ1) is 10.7. The summed E-state index contributed by atoms with van der Waals surface area (Å²) in [5.74, 6) is 0.130. The van der Waals surface area contributed by atoms with E-state index >= 15 is 0 Å². The molecule has 0 spiro atoms. The minimum Gasteiger partial charge on any atom is -0.295 e. The third kappa shape index (κ3) is 2.56. The molecule has 0 atom stereocenters. The number of ketones is 1. The van der Waals surface area contributed by atoms with E-state index in [4.69, 9.17) is 0 Å². The zero-order valence-electron chi connectivity index (χ0n) is 9.22. The van der Waals surface area contributed by atoms with Crippen LogP contribution in [0.25, 0.3) is 6.08 Å². The van der Waals surface area contributed by atoms with Gasteiger partial charge in [-0.3, -0.25) is 4.79 Å². The molecule has 0 aliphatic carbocycles. The predicted octanol–water partition coefficient (Wildman–Crippen LogP) is 3.30. The third-order valence-corrected chi connectivity index (χ3v) is 2.36. The van der Waals surface area contributed by atoms with E-state index in [1.54, 1.807) is 6.92 Å². The van der Waals surface area contributed by atoms with Gasteiger partial charge in [-0.05, 0) is 50.5 Å². The van der Waals surface area contributed by atoms with E-state index in [0.29, 0.717) is 0 Å². The van der Waals surface area contributed by atoms with E-state index in [0.717, 1.165) is 11.1 Å². The van der Waals surface area contributed by atoms with Crippen LogP contribution in [0.3, 0.4) is 0 Å². The highest BCUT2D eigenvalue weighted by Gasteiger charge is 1.99. The van der Waals surface area contributed by atoms with E-state index < -0.39 is 0 Å². The molecule has 0 radical (unpaired) electrons. The summed E-state index contributed by atoms with van der Waals surface area (Å²) >= 11 is 0. The second-order valence-corrected chi connectivity index (χ2v) is 3.74. The molecule has 1 rings (SSSR count). The summed E-state index contributed by atoms with van der Waals surface area (Å²) < 4.78 is 0. The molecule has 1 heteroatoms. The Hall–Kier alpha value is -1.37. The zero-order valence-corrected chi connectivity index (χ0v) is 9.22. The molecular formula is C13H16O. The number of benzene rings is 1. The topological polar surface area (TPSA) is 17.1 Å². The fourth-order valence-corrected chi connectivity index (χ4v) is 1.25. The van der Waals surface area contributed by atoms with Crippen molar-refractivity contribution in [2.24, 2.45) is 0 Å². The number of hydrogen-bond donors (Lipinski definition) is 0. The molecule has 0 saturated heterocycles. The van der Waals surface area contributed by atoms with Crippen LogP contribution in [-0.2, 0) is 4.79 Å². The van der Waals surface area contributed by atoms with Gasteiger partial charge in [-0.1, -0.05) is 23.8 Å². The van der Waals surface area contributed by atoms with Crippen molar-refractivity contribution in [3.63, 3.8) is 0 Å². The molecule has 74 valence electrons. The second-order valence-electron chi connectivity index (χ2n) is 3.74. The van der Waals surface area contributed by atoms with Crippen molar-refractivity contribution in [1.82, 2.24) is 0 Å². The lowest BCUT2D eigenvalue weighted by molar-refractivity contribution is -0.113. The monoisotopic (exact) mass is 188 g/mol. The highest BCUT2D eigenvalue weighted by molar-refractivity contribution is 5.97. The third-order valence-electron chi connectivity index (χ3n) is 2.36. The van der Waals surface area contributed by atoms with Gasteiger partial charge in [-0.15, -0.1) is 0 Å². The smallest absolute Gasteiger partial charge is 0.155 e. The van der Waals surface area contributed by atoms with Crippen molar-refractivity contribution in [2.75, 3.05) is 0 Å². The summed E-state index contributed by atoms with van der Waals surface area (Å²) in [7, 11) is 0. The van der Waals surface area contributed by atoms with Crippen LogP contribution in [0.15, 0.2) is 23.8 Å². The van der Waals surface area contributed by atoms with Gasteiger partial charge in [0, 0.05) is 0 Å². The number of carbonyl (C=O) groups is 1. The summed E-state index contributed by atoms with van der Waals surface area (Å²) in [6, 6.07) is 6.26. The molecule has 0 bridgehead atoms. The molecular weight excluding hydrogens is 172 g/mol. The fraction of sp³-hybridized carbons (Fsp3) is 0.308. The SMILES string of the molecule is CC(=O)/C(C)=C/c1cc(C)ccc1C. The Bertz CT molecular complexity index is 386. The first-order valence-electron chi connectivity index (χ1n) is 4.77. The highest BCUT2D eigenvalue weighted by Crippen LogP contribution is 2.14. The summed E-state index contributed by atoms with van der Waals surface area (Å²) in [6.45, 7) is 7.56. The van der Waals surface area contributed by atoms with E-state index in [1.165, 1.54) is 11.1 Å². The number of Topliss-reactive ketones (excluding diaryl/α,β-unsaturated/α-hetero) is 1. The van der Waals surface area contributed by atoms with Crippen LogP contribution in [0.1, 0.15) is 30.5 Å². The van der Waals surface area contributed by atoms with Gasteiger partial charge in [-0.2, -0.15) is 0 Å². The molecule has 1 aromatic rings. The van der Waals surface area contributed by atoms with Crippen LogP contribution < -0.4 is 0 Å². The lowest BCUT2D eigenvalue weighted by atomic mass is 10.0. The molecule has 0 aromatic heterocycles. The number of allylic oxidation sites excluding steroid dienone is 1. The Morgan fingerprint density at radius 1 is 1.21 bits per heavy atom. The molecule has 0 saturated carbocycles. The zero-order chi connectivity index (χ0) is 10.7. The predicted molar refractivity (Wildman–Crippen MR) is 60.2 cm³/mol. The van der Waals surface area contributed by atoms with E-state index in [-0.39, 0.29) is 5.78 Å². The first-order valence-corrected chi connectivity index (χ1v) is 4.77. The highest BCUT2D eigenvalue weighted by atomic mass is 16.1. The lowest BCUT2D eigenvalue weighted by Crippen LogP contribution is -1.92. The molecule has 1 nitrogen and oxygen atoms in total. The van der Waals surface area contributed by atoms with Crippen LogP contribution in [0.5, 0.6) is 0 Å². The second kappa shape index (κ2) is 4.23. The summed E-state index contributed by atoms with van der Waals surface area (Å²) in [5, 5.41) is 0. The van der Waals surface area contributed by atoms with Gasteiger partial charge in [0.1, 0.15) is 0 Å². The van der Waals surface area contributed by atoms with Crippen molar-refractivity contribution < 1.29 is 4.79 Å². The molecule has 0 unspecified atom stereocenters. The lowest BCUT2D eigenvalue weighted by Gasteiger charge is -2.03. The molecule has 0 heterocycles. The van der Waals surface area contributed by atoms with Crippen LogP contribution in [0.2, 0.25) is 0 Å². The molecule has 1 aromatic carbocycles. The van der Waals surface area contributed by atoms with Crippen molar-refractivity contribution in [2.45, 2.75) is 27.7 Å². The minimum absolute atomic E-state index is 0.130. The molecule has 0 aliphatic heterocycles. The van der Waals surface area contributed by atoms with E-state index in [9.17, 15) is 4.79 Å². The van der Waals surface area contributed by atoms with Gasteiger partial charge in [0.25, 0.3) is 0 Å². The number of hydrogen-bond acceptors (Lipinski definition) is 1. The Balaban J connectivity index is 3.13. The van der Waals surface area contributed by atoms with Crippen molar-refractivity contribution >= 4 is 11.9 Å². The van der Waals surface area contributed by atoms with Gasteiger partial charge in [0.2, 0.25) is 0 Å².